The lowest BCUT2D eigenvalue weighted by atomic mass is 9.84. The van der Waals surface area contributed by atoms with Gasteiger partial charge in [-0.25, -0.2) is 13.2 Å². The van der Waals surface area contributed by atoms with E-state index in [4.69, 9.17) is 10.5 Å². The second kappa shape index (κ2) is 21.0. The fraction of sp³-hybridized carbons (Fsp3) is 0.412. The van der Waals surface area contributed by atoms with Gasteiger partial charge in [0.1, 0.15) is 6.04 Å². The summed E-state index contributed by atoms with van der Waals surface area (Å²) >= 11 is 0. The van der Waals surface area contributed by atoms with Crippen molar-refractivity contribution < 1.29 is 27.9 Å². The van der Waals surface area contributed by atoms with Crippen molar-refractivity contribution in [1.82, 2.24) is 14.9 Å². The zero-order valence-electron chi connectivity index (χ0n) is 27.3. The van der Waals surface area contributed by atoms with E-state index in [0.717, 1.165) is 16.7 Å². The highest BCUT2D eigenvalue weighted by molar-refractivity contribution is 7.89. The Morgan fingerprint density at radius 3 is 1.91 bits per heavy atom. The van der Waals surface area contributed by atoms with Gasteiger partial charge >= 0.3 is 6.09 Å². The Labute approximate surface area is 293 Å². The van der Waals surface area contributed by atoms with Crippen molar-refractivity contribution in [3.05, 3.63) is 102 Å². The molecule has 260 valence electrons. The van der Waals surface area contributed by atoms with Crippen LogP contribution < -0.4 is 16.4 Å². The summed E-state index contributed by atoms with van der Waals surface area (Å²) in [6.45, 7) is 4.39. The molecule has 0 aliphatic heterocycles. The zero-order valence-corrected chi connectivity index (χ0v) is 30.1. The molecule has 0 heterocycles. The Morgan fingerprint density at radius 2 is 1.45 bits per heavy atom. The molecule has 0 saturated carbocycles. The van der Waals surface area contributed by atoms with Gasteiger partial charge in [0, 0.05) is 31.6 Å². The first-order valence-electron chi connectivity index (χ1n) is 15.3. The van der Waals surface area contributed by atoms with E-state index in [1.165, 1.54) is 11.4 Å². The van der Waals surface area contributed by atoms with Crippen LogP contribution in [0.3, 0.4) is 0 Å². The molecular weight excluding hydrogens is 657 g/mol. The Balaban J connectivity index is 0.00000552. The minimum Gasteiger partial charge on any atom is -0.453 e. The Kier molecular flexibility index (Phi) is 18.8. The van der Waals surface area contributed by atoms with Crippen LogP contribution in [0.2, 0.25) is 0 Å². The fourth-order valence-corrected chi connectivity index (χ4v) is 7.08. The number of carbonyl (C=O) groups is 2. The normalized spacial score (nSPS) is 12.5. The van der Waals surface area contributed by atoms with Gasteiger partial charge in [0.05, 0.1) is 18.6 Å². The molecule has 0 radical (unpaired) electrons. The van der Waals surface area contributed by atoms with Crippen LogP contribution in [0.5, 0.6) is 0 Å². The van der Waals surface area contributed by atoms with Crippen LogP contribution in [0.25, 0.3) is 0 Å². The third-order valence-corrected chi connectivity index (χ3v) is 9.52. The number of amides is 2. The number of hydrogen-bond acceptors (Lipinski definition) is 7. The maximum absolute atomic E-state index is 13.6. The first-order chi connectivity index (χ1) is 21.6. The summed E-state index contributed by atoms with van der Waals surface area (Å²) in [7, 11) is -2.62. The van der Waals surface area contributed by atoms with E-state index in [1.807, 2.05) is 74.5 Å². The number of nitrogens with two attached hydrogens (primary N) is 1. The molecule has 0 unspecified atom stereocenters. The Hall–Kier alpha value is -3.07. The number of nitrogens with one attached hydrogen (secondary N) is 2. The minimum atomic E-state index is -3.87. The number of benzene rings is 3. The van der Waals surface area contributed by atoms with E-state index >= 15 is 0 Å². The quantitative estimate of drug-likeness (QED) is 0.154. The monoisotopic (exact) mass is 706 g/mol. The summed E-state index contributed by atoms with van der Waals surface area (Å²) in [5, 5.41) is 15.9. The van der Waals surface area contributed by atoms with E-state index in [1.54, 1.807) is 24.3 Å². The molecule has 0 bridgehead atoms. The first kappa shape index (κ1) is 42.0. The van der Waals surface area contributed by atoms with Crippen molar-refractivity contribution in [3.63, 3.8) is 0 Å². The number of alkyl carbamates (subject to hydrolysis) is 1. The third-order valence-electron chi connectivity index (χ3n) is 7.58. The van der Waals surface area contributed by atoms with Gasteiger partial charge < -0.3 is 26.2 Å². The highest BCUT2D eigenvalue weighted by atomic mass is 32.2. The lowest BCUT2D eigenvalue weighted by Gasteiger charge is -2.31. The molecule has 10 nitrogen and oxygen atoms in total. The average Bonchev–Trinajstić information content (AvgIpc) is 3.06. The van der Waals surface area contributed by atoms with Crippen LogP contribution in [0.4, 0.5) is 4.79 Å². The molecule has 3 rings (SSSR count). The average molecular weight is 707 g/mol. The summed E-state index contributed by atoms with van der Waals surface area (Å²) in [6.07, 6.45) is 0.772. The second-order valence-electron chi connectivity index (χ2n) is 11.4. The number of unbranched alkanes of at least 4 members (excludes halogenated alkanes) is 1. The molecule has 0 aromatic heterocycles. The van der Waals surface area contributed by atoms with Gasteiger partial charge in [0.25, 0.3) is 0 Å². The number of ether oxygens (including phenoxy) is 1. The molecule has 0 aliphatic rings. The van der Waals surface area contributed by atoms with Gasteiger partial charge in [-0.3, -0.25) is 4.79 Å². The number of nitrogens with zero attached hydrogens (tertiary/aromatic N) is 1. The zero-order chi connectivity index (χ0) is 32.8. The predicted molar refractivity (Wildman–Crippen MR) is 196 cm³/mol. The number of methoxy groups -OCH3 is 1. The highest BCUT2D eigenvalue weighted by Crippen LogP contribution is 2.29. The van der Waals surface area contributed by atoms with Gasteiger partial charge in [-0.2, -0.15) is 31.3 Å². The summed E-state index contributed by atoms with van der Waals surface area (Å²) in [5.74, 6) is -0.807. The maximum Gasteiger partial charge on any atom is 0.407 e. The molecule has 0 aliphatic carbocycles. The Bertz CT molecular complexity index is 1410. The molecule has 2 amide bonds. The van der Waals surface area contributed by atoms with Crippen molar-refractivity contribution in [3.8, 4) is 0 Å². The van der Waals surface area contributed by atoms with Gasteiger partial charge in [-0.1, -0.05) is 93.1 Å². The number of rotatable bonds is 17. The minimum absolute atomic E-state index is 0. The van der Waals surface area contributed by atoms with E-state index in [0.29, 0.717) is 32.4 Å². The smallest absolute Gasteiger partial charge is 0.407 e. The van der Waals surface area contributed by atoms with E-state index < -0.39 is 34.1 Å². The molecule has 0 saturated heterocycles. The van der Waals surface area contributed by atoms with E-state index in [-0.39, 0.29) is 56.9 Å². The van der Waals surface area contributed by atoms with Crippen LogP contribution in [-0.4, -0.2) is 68.7 Å². The lowest BCUT2D eigenvalue weighted by Crippen LogP contribution is -2.50. The molecule has 3 aromatic carbocycles. The third kappa shape index (κ3) is 12.2. The van der Waals surface area contributed by atoms with E-state index in [2.05, 4.69) is 10.6 Å². The summed E-state index contributed by atoms with van der Waals surface area (Å²) in [4.78, 5) is 26.1. The molecular formula is C34H50N4O6S3. The number of carbonyl (C=O) groups excluding carboxylic acids is 2. The number of sulfonamides is 1. The van der Waals surface area contributed by atoms with Crippen molar-refractivity contribution in [2.24, 2.45) is 11.7 Å². The molecule has 3 aromatic rings. The molecule has 47 heavy (non-hydrogen) atoms. The topological polar surface area (TPSA) is 151 Å². The number of aliphatic hydroxyl groups is 1. The summed E-state index contributed by atoms with van der Waals surface area (Å²) < 4.78 is 33.5. The van der Waals surface area contributed by atoms with Crippen molar-refractivity contribution >= 4 is 49.0 Å². The predicted octanol–water partition coefficient (Wildman–Crippen LogP) is 4.22. The van der Waals surface area contributed by atoms with Crippen LogP contribution in [0, 0.1) is 5.92 Å². The van der Waals surface area contributed by atoms with Crippen molar-refractivity contribution in [2.45, 2.75) is 62.6 Å². The van der Waals surface area contributed by atoms with Crippen LogP contribution in [-0.2, 0) is 26.1 Å². The van der Waals surface area contributed by atoms with E-state index in [9.17, 15) is 23.1 Å². The molecule has 0 fully saturated rings. The van der Waals surface area contributed by atoms with Crippen LogP contribution >= 0.6 is 27.0 Å². The first-order valence-corrected chi connectivity index (χ1v) is 16.7. The van der Waals surface area contributed by atoms with Gasteiger partial charge in [0.15, 0.2) is 0 Å². The maximum atomic E-state index is 13.6. The van der Waals surface area contributed by atoms with Crippen LogP contribution in [0.1, 0.15) is 55.7 Å². The lowest BCUT2D eigenvalue weighted by molar-refractivity contribution is -0.123. The molecule has 13 heteroatoms. The fourth-order valence-electron chi connectivity index (χ4n) is 5.27. The second-order valence-corrected chi connectivity index (χ2v) is 13.2. The largest absolute Gasteiger partial charge is 0.453 e. The van der Waals surface area contributed by atoms with Gasteiger partial charge in [-0.05, 0) is 47.6 Å². The number of hydrogen-bond donors (Lipinski definition) is 4. The standard InChI is InChI=1S/C34H46N4O6S.2H2S/c1-25(2)23-38(45(42,43)30-19-17-26(22-35)18-20-30)29(24-39)16-10-11-21-36-33(40)32(37-34(41)44-3)31(27-12-6-4-7-13-27)28-14-8-5-9-15-28;;/h4-9,12-15,17-20,25,29,31-32,39H,10-11,16,21-24,35H2,1-3H3,(H,36,40)(H,37,41);2*1H2/t29-,32-;;/m0../s1. The summed E-state index contributed by atoms with van der Waals surface area (Å²) in [5.41, 5.74) is 8.21. The van der Waals surface area contributed by atoms with Crippen molar-refractivity contribution in [1.29, 1.82) is 0 Å². The molecule has 2 atom stereocenters. The van der Waals surface area contributed by atoms with Crippen molar-refractivity contribution in [2.75, 3.05) is 26.8 Å². The SMILES string of the molecule is COC(=O)N[C@H](C(=O)NCCCC[C@@H](CO)N(CC(C)C)S(=O)(=O)c1ccc(CN)cc1)C(c1ccccc1)c1ccccc1.S.S. The molecule has 0 spiro atoms. The van der Waals surface area contributed by atoms with Gasteiger partial charge in [0.2, 0.25) is 15.9 Å². The van der Waals surface area contributed by atoms with Gasteiger partial charge in [-0.15, -0.1) is 0 Å². The number of aliphatic hydroxyl groups excluding tert-OH is 1. The Morgan fingerprint density at radius 1 is 0.894 bits per heavy atom. The molecule has 5 N–H and O–H groups in total. The highest BCUT2D eigenvalue weighted by Gasteiger charge is 2.33. The summed E-state index contributed by atoms with van der Waals surface area (Å²) in [6, 6.07) is 23.9. The van der Waals surface area contributed by atoms with Crippen LogP contribution in [0.15, 0.2) is 89.8 Å².